The van der Waals surface area contributed by atoms with Crippen LogP contribution < -0.4 is 24.8 Å². The molecule has 0 saturated heterocycles. The van der Waals surface area contributed by atoms with Gasteiger partial charge in [-0.1, -0.05) is 24.3 Å². The first kappa shape index (κ1) is 27.7. The average Bonchev–Trinajstić information content (AvgIpc) is 2.81. The van der Waals surface area contributed by atoms with Crippen LogP contribution in [0.2, 0.25) is 0 Å². The van der Waals surface area contributed by atoms with E-state index in [1.807, 2.05) is 85.5 Å². The van der Waals surface area contributed by atoms with Gasteiger partial charge in [0.1, 0.15) is 5.54 Å². The maximum atomic E-state index is 4.71. The summed E-state index contributed by atoms with van der Waals surface area (Å²) in [6, 6.07) is 24.0. The molecule has 0 aromatic carbocycles. The van der Waals surface area contributed by atoms with E-state index >= 15 is 0 Å². The van der Waals surface area contributed by atoms with E-state index in [1.165, 1.54) is 0 Å². The molecule has 166 valence electrons. The van der Waals surface area contributed by atoms with Crippen molar-refractivity contribution >= 4 is 0 Å². The zero-order valence-corrected chi connectivity index (χ0v) is 20.1. The van der Waals surface area contributed by atoms with Crippen molar-refractivity contribution in [1.82, 2.24) is 24.8 Å². The van der Waals surface area contributed by atoms with Crippen molar-refractivity contribution in [2.75, 3.05) is 0 Å². The third-order valence-corrected chi connectivity index (χ3v) is 5.12. The number of hydrogen-bond acceptors (Lipinski definition) is 5. The molecule has 0 N–H and O–H groups in total. The van der Waals surface area contributed by atoms with E-state index in [4.69, 9.17) is 9.97 Å². The molecule has 8 heteroatoms. The van der Waals surface area contributed by atoms with Gasteiger partial charge in [-0.25, -0.2) is 0 Å². The number of halogens is 2. The van der Waals surface area contributed by atoms with Crippen molar-refractivity contribution < 1.29 is 41.9 Å². The molecule has 32 heavy (non-hydrogen) atoms. The summed E-state index contributed by atoms with van der Waals surface area (Å²) in [6.07, 6.45) is 7.31. The predicted molar refractivity (Wildman–Crippen MR) is 113 cm³/mol. The van der Waals surface area contributed by atoms with Gasteiger partial charge in [-0.2, -0.15) is 0 Å². The van der Waals surface area contributed by atoms with Crippen molar-refractivity contribution in [2.24, 2.45) is 0 Å². The fourth-order valence-electron chi connectivity index (χ4n) is 3.50. The van der Waals surface area contributed by atoms with E-state index in [-0.39, 0.29) is 41.9 Å². The van der Waals surface area contributed by atoms with Gasteiger partial charge in [0, 0.05) is 37.9 Å². The van der Waals surface area contributed by atoms with Gasteiger partial charge in [-0.15, -0.1) is 0 Å². The quantitative estimate of drug-likeness (QED) is 0.277. The molecule has 4 aromatic rings. The molecule has 0 aliphatic heterocycles. The Bertz CT molecular complexity index is 944. The van der Waals surface area contributed by atoms with E-state index in [1.54, 1.807) is 0 Å². The first-order valence-corrected chi connectivity index (χ1v) is 9.65. The van der Waals surface area contributed by atoms with Gasteiger partial charge in [0.2, 0.25) is 0 Å². The summed E-state index contributed by atoms with van der Waals surface area (Å²) in [5.41, 5.74) is 3.29. The number of rotatable bonds is 7. The van der Waals surface area contributed by atoms with Crippen LogP contribution in [0, 0.1) is 0 Å². The van der Waals surface area contributed by atoms with E-state index in [2.05, 4.69) is 33.9 Å². The molecule has 4 heterocycles. The summed E-state index contributed by atoms with van der Waals surface area (Å²) in [4.78, 5) is 20.9. The van der Waals surface area contributed by atoms with Crippen LogP contribution in [0.15, 0.2) is 97.6 Å². The minimum atomic E-state index is -0.558. The second-order valence-corrected chi connectivity index (χ2v) is 7.00. The van der Waals surface area contributed by atoms with Crippen LogP contribution in [0.4, 0.5) is 0 Å². The molecule has 0 spiro atoms. The molecular formula is C24H23Cl2FeN5. The van der Waals surface area contributed by atoms with Gasteiger partial charge in [-0.3, -0.25) is 24.8 Å². The Morgan fingerprint density at radius 2 is 0.969 bits per heavy atom. The maximum absolute atomic E-state index is 4.71. The predicted octanol–water partition coefficient (Wildman–Crippen LogP) is -1.76. The minimum Gasteiger partial charge on any atom is -1.00 e. The second-order valence-electron chi connectivity index (χ2n) is 7.00. The van der Waals surface area contributed by atoms with Crippen LogP contribution in [-0.4, -0.2) is 24.8 Å². The summed E-state index contributed by atoms with van der Waals surface area (Å²) < 4.78 is 0. The van der Waals surface area contributed by atoms with Crippen LogP contribution >= 0.6 is 0 Å². The molecule has 0 aliphatic carbocycles. The van der Waals surface area contributed by atoms with E-state index in [0.29, 0.717) is 13.1 Å². The second kappa shape index (κ2) is 13.3. The number of pyridine rings is 4. The standard InChI is InChI=1S/C24H23N5.2ClH.Fe/c1-24(22-12-4-8-16-27-22,23-13-5-9-17-28-23)29(18-20-10-2-6-14-25-20)19-21-11-3-7-15-26-21;;;/h2-17H,18-19H2,1H3;2*1H;/q;;;+2/p-2. The normalized spacial score (nSPS) is 10.4. The molecule has 4 aromatic heterocycles. The van der Waals surface area contributed by atoms with Gasteiger partial charge in [0.25, 0.3) is 0 Å². The Morgan fingerprint density at radius 3 is 1.28 bits per heavy atom. The topological polar surface area (TPSA) is 54.8 Å². The number of aromatic nitrogens is 4. The van der Waals surface area contributed by atoms with Crippen molar-refractivity contribution in [1.29, 1.82) is 0 Å². The summed E-state index contributed by atoms with van der Waals surface area (Å²) in [5, 5.41) is 0. The van der Waals surface area contributed by atoms with Gasteiger partial charge >= 0.3 is 17.1 Å². The monoisotopic (exact) mass is 507 g/mol. The third kappa shape index (κ3) is 6.35. The number of nitrogens with zero attached hydrogens (tertiary/aromatic N) is 5. The molecule has 4 rings (SSSR count). The van der Waals surface area contributed by atoms with Crippen LogP contribution in [0.25, 0.3) is 0 Å². The van der Waals surface area contributed by atoms with Gasteiger partial charge in [0.05, 0.1) is 22.8 Å². The van der Waals surface area contributed by atoms with Crippen LogP contribution in [0.1, 0.15) is 29.7 Å². The first-order valence-electron chi connectivity index (χ1n) is 9.65. The molecule has 5 nitrogen and oxygen atoms in total. The van der Waals surface area contributed by atoms with Crippen LogP contribution in [-0.2, 0) is 35.7 Å². The maximum Gasteiger partial charge on any atom is 2.00 e. The van der Waals surface area contributed by atoms with Crippen molar-refractivity contribution in [3.63, 3.8) is 0 Å². The van der Waals surface area contributed by atoms with E-state index in [9.17, 15) is 0 Å². The van der Waals surface area contributed by atoms with Gasteiger partial charge < -0.3 is 24.8 Å². The van der Waals surface area contributed by atoms with E-state index < -0.39 is 5.54 Å². The molecule has 0 radical (unpaired) electrons. The zero-order valence-electron chi connectivity index (χ0n) is 17.5. The minimum absolute atomic E-state index is 0. The Hall–Kier alpha value is -2.34. The van der Waals surface area contributed by atoms with Crippen molar-refractivity contribution in [2.45, 2.75) is 25.6 Å². The first-order chi connectivity index (χ1) is 14.3. The Kier molecular flexibility index (Phi) is 11.5. The smallest absolute Gasteiger partial charge is 1.00 e. The third-order valence-electron chi connectivity index (χ3n) is 5.12. The van der Waals surface area contributed by atoms with Crippen LogP contribution in [0.5, 0.6) is 0 Å². The molecule has 0 unspecified atom stereocenters. The summed E-state index contributed by atoms with van der Waals surface area (Å²) in [5.74, 6) is 0. The molecule has 0 fully saturated rings. The fourth-order valence-corrected chi connectivity index (χ4v) is 3.50. The summed E-state index contributed by atoms with van der Waals surface area (Å²) in [7, 11) is 0. The van der Waals surface area contributed by atoms with Gasteiger partial charge in [0.15, 0.2) is 0 Å². The Balaban J connectivity index is 0.00000171. The fraction of sp³-hybridized carbons (Fsp3) is 0.167. The summed E-state index contributed by atoms with van der Waals surface area (Å²) in [6.45, 7) is 3.45. The molecule has 0 atom stereocenters. The molecule has 0 aliphatic rings. The largest absolute Gasteiger partial charge is 2.00 e. The molecule has 0 bridgehead atoms. The average molecular weight is 508 g/mol. The zero-order chi connectivity index (χ0) is 19.9. The Labute approximate surface area is 212 Å². The van der Waals surface area contributed by atoms with E-state index in [0.717, 1.165) is 22.8 Å². The van der Waals surface area contributed by atoms with Crippen molar-refractivity contribution in [3.8, 4) is 0 Å². The Morgan fingerprint density at radius 1 is 0.594 bits per heavy atom. The molecule has 0 amide bonds. The SMILES string of the molecule is CC(c1ccccn1)(c1ccccn1)N(Cc1ccccn1)Cc1ccccn1.[Cl-].[Cl-].[Fe+2]. The van der Waals surface area contributed by atoms with Crippen molar-refractivity contribution in [3.05, 3.63) is 120 Å². The van der Waals surface area contributed by atoms with Crippen LogP contribution in [0.3, 0.4) is 0 Å². The number of hydrogen-bond donors (Lipinski definition) is 0. The summed E-state index contributed by atoms with van der Waals surface area (Å²) >= 11 is 0. The molecular weight excluding hydrogens is 485 g/mol. The molecule has 0 saturated carbocycles. The van der Waals surface area contributed by atoms with Gasteiger partial charge in [-0.05, 0) is 55.5 Å².